The van der Waals surface area contributed by atoms with E-state index in [0.29, 0.717) is 51.9 Å². The van der Waals surface area contributed by atoms with Crippen LogP contribution < -0.4 is 5.73 Å². The first-order valence-corrected chi connectivity index (χ1v) is 20.9. The molecule has 0 amide bonds. The SMILES string of the molecule is CCCCCC/C=C/COC(=O)CCCCCCCC(N)(CCCCCCCC(=O)OC/C=C/CCCCCC)OC(=O)CC(CCC)COC. The van der Waals surface area contributed by atoms with Gasteiger partial charge in [0.25, 0.3) is 0 Å². The highest BCUT2D eigenvalue weighted by Crippen LogP contribution is 2.25. The van der Waals surface area contributed by atoms with E-state index < -0.39 is 5.72 Å². The molecule has 0 aliphatic carbocycles. The quantitative estimate of drug-likeness (QED) is 0.0222. The largest absolute Gasteiger partial charge is 0.461 e. The summed E-state index contributed by atoms with van der Waals surface area (Å²) in [4.78, 5) is 37.1. The molecule has 2 N–H and O–H groups in total. The van der Waals surface area contributed by atoms with Crippen LogP contribution in [0.4, 0.5) is 0 Å². The second kappa shape index (κ2) is 36.2. The number of carbonyl (C=O) groups excluding carboxylic acids is 3. The van der Waals surface area contributed by atoms with Crippen LogP contribution in [0.1, 0.15) is 194 Å². The van der Waals surface area contributed by atoms with Gasteiger partial charge in [0.1, 0.15) is 13.2 Å². The van der Waals surface area contributed by atoms with Crippen molar-refractivity contribution >= 4 is 17.9 Å². The maximum absolute atomic E-state index is 13.0. The minimum absolute atomic E-state index is 0.133. The van der Waals surface area contributed by atoms with E-state index in [1.165, 1.54) is 51.4 Å². The Kier molecular flexibility index (Phi) is 34.6. The van der Waals surface area contributed by atoms with Crippen LogP contribution in [-0.4, -0.2) is 50.6 Å². The van der Waals surface area contributed by atoms with E-state index in [2.05, 4.69) is 32.9 Å². The number of ether oxygens (including phenoxy) is 4. The van der Waals surface area contributed by atoms with Crippen molar-refractivity contribution in [3.8, 4) is 0 Å². The molecule has 51 heavy (non-hydrogen) atoms. The fraction of sp³-hybridized carbons (Fsp3) is 0.837. The van der Waals surface area contributed by atoms with Crippen molar-refractivity contribution in [2.75, 3.05) is 26.9 Å². The van der Waals surface area contributed by atoms with Gasteiger partial charge in [0, 0.05) is 39.4 Å². The molecule has 1 atom stereocenters. The zero-order valence-electron chi connectivity index (χ0n) is 33.5. The maximum atomic E-state index is 13.0. The molecule has 1 unspecified atom stereocenters. The molecule has 0 aromatic carbocycles. The number of carbonyl (C=O) groups is 3. The lowest BCUT2D eigenvalue weighted by atomic mass is 9.96. The molecular formula is C43H79NO7. The van der Waals surface area contributed by atoms with Gasteiger partial charge in [-0.25, -0.2) is 0 Å². The second-order valence-electron chi connectivity index (χ2n) is 14.4. The molecule has 0 radical (unpaired) electrons. The van der Waals surface area contributed by atoms with E-state index in [1.54, 1.807) is 7.11 Å². The topological polar surface area (TPSA) is 114 Å². The third-order valence-corrected chi connectivity index (χ3v) is 9.30. The highest BCUT2D eigenvalue weighted by atomic mass is 16.6. The van der Waals surface area contributed by atoms with Gasteiger partial charge in [-0.05, 0) is 63.7 Å². The summed E-state index contributed by atoms with van der Waals surface area (Å²) >= 11 is 0. The number of esters is 3. The van der Waals surface area contributed by atoms with Crippen LogP contribution in [0.15, 0.2) is 24.3 Å². The van der Waals surface area contributed by atoms with E-state index in [9.17, 15) is 14.4 Å². The standard InChI is InChI=1S/C43H79NO7/c1-5-8-10-12-14-22-28-35-49-40(45)31-24-18-16-20-26-33-43(44,51-42(47)37-39(30-7-3)38-48-4)34-27-21-17-19-25-32-41(46)50-36-29-23-15-13-11-9-6-2/h22-23,28-29,39H,5-21,24-27,30-38,44H2,1-4H3/b28-22+,29-23+. The Morgan fingerprint density at radius 1 is 0.569 bits per heavy atom. The Balaban J connectivity index is 4.44. The fourth-order valence-electron chi connectivity index (χ4n) is 6.24. The summed E-state index contributed by atoms with van der Waals surface area (Å²) < 4.78 is 22.0. The molecule has 0 saturated carbocycles. The van der Waals surface area contributed by atoms with Crippen LogP contribution in [0.3, 0.4) is 0 Å². The Bertz CT molecular complexity index is 830. The number of rotatable bonds is 37. The Morgan fingerprint density at radius 3 is 1.47 bits per heavy atom. The minimum atomic E-state index is -0.985. The van der Waals surface area contributed by atoms with E-state index in [-0.39, 0.29) is 23.8 Å². The lowest BCUT2D eigenvalue weighted by molar-refractivity contribution is -0.163. The molecule has 0 aliphatic rings. The predicted molar refractivity (Wildman–Crippen MR) is 210 cm³/mol. The molecule has 0 aromatic heterocycles. The molecule has 8 heteroatoms. The van der Waals surface area contributed by atoms with Crippen LogP contribution in [0.25, 0.3) is 0 Å². The first-order valence-electron chi connectivity index (χ1n) is 20.9. The minimum Gasteiger partial charge on any atom is -0.461 e. The van der Waals surface area contributed by atoms with Crippen molar-refractivity contribution in [2.24, 2.45) is 11.7 Å². The lowest BCUT2D eigenvalue weighted by Gasteiger charge is -2.30. The smallest absolute Gasteiger partial charge is 0.307 e. The zero-order valence-corrected chi connectivity index (χ0v) is 33.5. The van der Waals surface area contributed by atoms with Crippen molar-refractivity contribution in [3.63, 3.8) is 0 Å². The summed E-state index contributed by atoms with van der Waals surface area (Å²) in [7, 11) is 1.66. The molecular weight excluding hydrogens is 642 g/mol. The monoisotopic (exact) mass is 722 g/mol. The first kappa shape index (κ1) is 48.8. The average molecular weight is 722 g/mol. The summed E-state index contributed by atoms with van der Waals surface area (Å²) in [5, 5.41) is 0. The number of methoxy groups -OCH3 is 1. The van der Waals surface area contributed by atoms with Gasteiger partial charge in [-0.2, -0.15) is 0 Å². The van der Waals surface area contributed by atoms with E-state index in [1.807, 2.05) is 12.2 Å². The zero-order chi connectivity index (χ0) is 37.7. The van der Waals surface area contributed by atoms with E-state index >= 15 is 0 Å². The fourth-order valence-corrected chi connectivity index (χ4v) is 6.24. The molecule has 0 rings (SSSR count). The molecule has 298 valence electrons. The van der Waals surface area contributed by atoms with Crippen molar-refractivity contribution < 1.29 is 33.3 Å². The van der Waals surface area contributed by atoms with Gasteiger partial charge in [0.15, 0.2) is 5.72 Å². The molecule has 0 fully saturated rings. The second-order valence-corrected chi connectivity index (χ2v) is 14.4. The predicted octanol–water partition coefficient (Wildman–Crippen LogP) is 11.2. The maximum Gasteiger partial charge on any atom is 0.307 e. The molecule has 0 aliphatic heterocycles. The Hall–Kier alpha value is -2.19. The van der Waals surface area contributed by atoms with Gasteiger partial charge in [0.05, 0.1) is 6.42 Å². The Labute approximate surface area is 313 Å². The molecule has 0 spiro atoms. The summed E-state index contributed by atoms with van der Waals surface area (Å²) in [6.07, 6.45) is 33.7. The van der Waals surface area contributed by atoms with Gasteiger partial charge >= 0.3 is 17.9 Å². The molecule has 0 bridgehead atoms. The molecule has 0 aromatic rings. The van der Waals surface area contributed by atoms with Crippen molar-refractivity contribution in [3.05, 3.63) is 24.3 Å². The molecule has 8 nitrogen and oxygen atoms in total. The number of nitrogens with two attached hydrogens (primary N) is 1. The third-order valence-electron chi connectivity index (χ3n) is 9.30. The van der Waals surface area contributed by atoms with E-state index in [4.69, 9.17) is 24.7 Å². The number of hydrogen-bond acceptors (Lipinski definition) is 8. The van der Waals surface area contributed by atoms with Crippen LogP contribution in [-0.2, 0) is 33.3 Å². The number of allylic oxidation sites excluding steroid dienone is 2. The van der Waals surface area contributed by atoms with Crippen LogP contribution in [0.5, 0.6) is 0 Å². The van der Waals surface area contributed by atoms with Crippen molar-refractivity contribution in [1.29, 1.82) is 0 Å². The van der Waals surface area contributed by atoms with Gasteiger partial charge in [0.2, 0.25) is 0 Å². The summed E-state index contributed by atoms with van der Waals surface area (Å²) in [5.41, 5.74) is 5.79. The van der Waals surface area contributed by atoms with Gasteiger partial charge < -0.3 is 18.9 Å². The number of hydrogen-bond donors (Lipinski definition) is 1. The molecule has 0 heterocycles. The van der Waals surface area contributed by atoms with Crippen LogP contribution in [0, 0.1) is 5.92 Å². The van der Waals surface area contributed by atoms with Crippen molar-refractivity contribution in [1.82, 2.24) is 0 Å². The summed E-state index contributed by atoms with van der Waals surface area (Å²) in [6.45, 7) is 7.78. The highest BCUT2D eigenvalue weighted by molar-refractivity contribution is 5.70. The average Bonchev–Trinajstić information content (AvgIpc) is 3.10. The lowest BCUT2D eigenvalue weighted by Crippen LogP contribution is -2.45. The van der Waals surface area contributed by atoms with Gasteiger partial charge in [-0.3, -0.25) is 20.1 Å². The van der Waals surface area contributed by atoms with Crippen LogP contribution >= 0.6 is 0 Å². The Morgan fingerprint density at radius 2 is 1.02 bits per heavy atom. The summed E-state index contributed by atoms with van der Waals surface area (Å²) in [5.74, 6) is -0.384. The number of unbranched alkanes of at least 4 members (excludes halogenated alkanes) is 16. The van der Waals surface area contributed by atoms with Gasteiger partial charge in [-0.15, -0.1) is 0 Å². The third kappa shape index (κ3) is 33.4. The van der Waals surface area contributed by atoms with E-state index in [0.717, 1.165) is 89.9 Å². The van der Waals surface area contributed by atoms with Gasteiger partial charge in [-0.1, -0.05) is 129 Å². The normalized spacial score (nSPS) is 12.5. The van der Waals surface area contributed by atoms with Crippen LogP contribution in [0.2, 0.25) is 0 Å². The molecule has 0 saturated heterocycles. The summed E-state index contributed by atoms with van der Waals surface area (Å²) in [6, 6.07) is 0. The highest BCUT2D eigenvalue weighted by Gasteiger charge is 2.29. The first-order chi connectivity index (χ1) is 24.8. The van der Waals surface area contributed by atoms with Crippen molar-refractivity contribution in [2.45, 2.75) is 200 Å².